The summed E-state index contributed by atoms with van der Waals surface area (Å²) in [7, 11) is 2.82. The molecule has 51 heavy (non-hydrogen) atoms. The molecule has 1 unspecified atom stereocenters. The summed E-state index contributed by atoms with van der Waals surface area (Å²) in [5, 5.41) is 30.7. The first-order chi connectivity index (χ1) is 24.3. The van der Waals surface area contributed by atoms with E-state index in [4.69, 9.17) is 18.9 Å². The Morgan fingerprint density at radius 1 is 1.04 bits per heavy atom. The topological polar surface area (TPSA) is 126 Å². The fourth-order valence-electron chi connectivity index (χ4n) is 6.18. The molecule has 1 fully saturated rings. The van der Waals surface area contributed by atoms with Crippen molar-refractivity contribution in [2.75, 3.05) is 40.5 Å². The maximum atomic E-state index is 15.0. The smallest absolute Gasteiger partial charge is 0.422 e. The highest BCUT2D eigenvalue weighted by Gasteiger charge is 2.57. The second-order valence-corrected chi connectivity index (χ2v) is 12.1. The number of carboxylic acid groups (broad SMARTS) is 1. The first-order valence-corrected chi connectivity index (χ1v) is 16.1. The second kappa shape index (κ2) is 15.3. The standard InChI is InChI=1S/C37H37F4N3O7/c1-4-50-33(35(45)46)18-25-16-31(48-2)34(32(17-25)49-3)51-27-11-13-43(14-12-27)22-36(47,37(39,40)41)29-21-44(20-23-5-8-26(38)9-6-23)30-15-24(19-42)7-10-28(29)30/h5-10,15-18,21,27,47H,4,11-14,20,22H2,1-3H3,(H,45,46)/b33-18-. The van der Waals surface area contributed by atoms with Gasteiger partial charge in [0.25, 0.3) is 0 Å². The summed E-state index contributed by atoms with van der Waals surface area (Å²) in [6, 6.07) is 14.9. The number of nitriles is 1. The summed E-state index contributed by atoms with van der Waals surface area (Å²) in [5.74, 6) is -1.21. The average Bonchev–Trinajstić information content (AvgIpc) is 3.47. The third kappa shape index (κ3) is 8.05. The third-order valence-corrected chi connectivity index (χ3v) is 8.75. The minimum absolute atomic E-state index is 0.0831. The molecule has 1 atom stereocenters. The second-order valence-electron chi connectivity index (χ2n) is 12.1. The minimum Gasteiger partial charge on any atom is -0.493 e. The Balaban J connectivity index is 1.38. The first kappa shape index (κ1) is 37.0. The highest BCUT2D eigenvalue weighted by Crippen LogP contribution is 2.45. The number of carbonyl (C=O) groups is 1. The summed E-state index contributed by atoms with van der Waals surface area (Å²) < 4.78 is 82.4. The fraction of sp³-hybridized carbons (Fsp3) is 0.351. The van der Waals surface area contributed by atoms with E-state index >= 15 is 0 Å². The van der Waals surface area contributed by atoms with E-state index in [2.05, 4.69) is 0 Å². The van der Waals surface area contributed by atoms with Crippen LogP contribution in [0.25, 0.3) is 17.0 Å². The quantitative estimate of drug-likeness (QED) is 0.0912. The third-order valence-electron chi connectivity index (χ3n) is 8.75. The van der Waals surface area contributed by atoms with Crippen LogP contribution in [0, 0.1) is 17.1 Å². The van der Waals surface area contributed by atoms with Gasteiger partial charge in [-0.2, -0.15) is 18.4 Å². The molecule has 10 nitrogen and oxygen atoms in total. The predicted octanol–water partition coefficient (Wildman–Crippen LogP) is 6.47. The molecule has 0 saturated carbocycles. The number of benzene rings is 3. The number of hydrogen-bond donors (Lipinski definition) is 2. The van der Waals surface area contributed by atoms with Gasteiger partial charge in [0.15, 0.2) is 11.5 Å². The van der Waals surface area contributed by atoms with Crippen LogP contribution in [0.1, 0.15) is 42.0 Å². The van der Waals surface area contributed by atoms with Gasteiger partial charge >= 0.3 is 12.1 Å². The lowest BCUT2D eigenvalue weighted by atomic mass is 9.90. The van der Waals surface area contributed by atoms with E-state index in [1.807, 2.05) is 6.07 Å². The summed E-state index contributed by atoms with van der Waals surface area (Å²) in [4.78, 5) is 13.1. The molecular weight excluding hydrogens is 674 g/mol. The van der Waals surface area contributed by atoms with E-state index in [1.165, 1.54) is 78.4 Å². The molecule has 0 spiro atoms. The van der Waals surface area contributed by atoms with Crippen LogP contribution in [0.15, 0.2) is 66.6 Å². The van der Waals surface area contributed by atoms with Crippen molar-refractivity contribution in [3.63, 3.8) is 0 Å². The Labute approximate surface area is 291 Å². The molecule has 1 aliphatic heterocycles. The molecule has 14 heteroatoms. The first-order valence-electron chi connectivity index (χ1n) is 16.1. The molecule has 5 rings (SSSR count). The molecule has 0 aliphatic carbocycles. The van der Waals surface area contributed by atoms with Crippen molar-refractivity contribution >= 4 is 22.9 Å². The Morgan fingerprint density at radius 2 is 1.69 bits per heavy atom. The number of β-amino-alcohol motifs (C(OH)–C–C–N with tert-alkyl or cyclic N) is 1. The predicted molar refractivity (Wildman–Crippen MR) is 179 cm³/mol. The van der Waals surface area contributed by atoms with Crippen LogP contribution < -0.4 is 14.2 Å². The lowest BCUT2D eigenvalue weighted by molar-refractivity contribution is -0.272. The number of piperidine rings is 1. The Morgan fingerprint density at radius 3 is 2.24 bits per heavy atom. The number of aliphatic carboxylic acids is 1. The van der Waals surface area contributed by atoms with Crippen molar-refractivity contribution in [1.82, 2.24) is 9.47 Å². The van der Waals surface area contributed by atoms with Crippen molar-refractivity contribution < 1.29 is 51.5 Å². The van der Waals surface area contributed by atoms with Gasteiger partial charge in [0.05, 0.1) is 38.0 Å². The molecule has 0 radical (unpaired) electrons. The number of carboxylic acids is 1. The lowest BCUT2D eigenvalue weighted by Gasteiger charge is -2.39. The number of likely N-dealkylation sites (tertiary alicyclic amines) is 1. The zero-order valence-corrected chi connectivity index (χ0v) is 28.2. The number of hydrogen-bond acceptors (Lipinski definition) is 8. The van der Waals surface area contributed by atoms with Gasteiger partial charge in [0.2, 0.25) is 17.1 Å². The molecule has 1 saturated heterocycles. The highest BCUT2D eigenvalue weighted by atomic mass is 19.4. The summed E-state index contributed by atoms with van der Waals surface area (Å²) in [6.07, 6.45) is -2.30. The van der Waals surface area contributed by atoms with Crippen LogP contribution in [0.3, 0.4) is 0 Å². The van der Waals surface area contributed by atoms with Crippen LogP contribution >= 0.6 is 0 Å². The Kier molecular flexibility index (Phi) is 11.1. The number of fused-ring (bicyclic) bond motifs is 1. The monoisotopic (exact) mass is 711 g/mol. The van der Waals surface area contributed by atoms with Gasteiger partial charge in [-0.15, -0.1) is 0 Å². The van der Waals surface area contributed by atoms with Crippen LogP contribution in [0.5, 0.6) is 17.2 Å². The molecule has 0 amide bonds. The fourth-order valence-corrected chi connectivity index (χ4v) is 6.18. The minimum atomic E-state index is -5.07. The van der Waals surface area contributed by atoms with E-state index in [0.29, 0.717) is 29.5 Å². The summed E-state index contributed by atoms with van der Waals surface area (Å²) >= 11 is 0. The van der Waals surface area contributed by atoms with Crippen molar-refractivity contribution in [2.45, 2.75) is 44.2 Å². The average molecular weight is 712 g/mol. The number of nitrogens with zero attached hydrogens (tertiary/aromatic N) is 3. The molecule has 2 N–H and O–H groups in total. The number of ether oxygens (including phenoxy) is 4. The zero-order chi connectivity index (χ0) is 36.9. The van der Waals surface area contributed by atoms with Gasteiger partial charge in [0, 0.05) is 43.3 Å². The van der Waals surface area contributed by atoms with E-state index in [0.717, 1.165) is 0 Å². The van der Waals surface area contributed by atoms with Crippen molar-refractivity contribution in [3.8, 4) is 23.3 Å². The number of alkyl halides is 3. The molecule has 0 bridgehead atoms. The SMILES string of the molecule is CCO/C(=C\c1cc(OC)c(OC2CCN(CC(O)(c3cn(Cc4ccc(F)cc4)c4cc(C#N)ccc34)C(F)(F)F)CC2)c(OC)c1)C(=O)O. The Hall–Kier alpha value is -5.26. The van der Waals surface area contributed by atoms with E-state index in [-0.39, 0.29) is 65.8 Å². The Bertz CT molecular complexity index is 1920. The lowest BCUT2D eigenvalue weighted by Crippen LogP contribution is -2.53. The van der Waals surface area contributed by atoms with Crippen LogP contribution in [-0.4, -0.2) is 78.4 Å². The molecule has 1 aliphatic rings. The van der Waals surface area contributed by atoms with E-state index < -0.39 is 36.2 Å². The van der Waals surface area contributed by atoms with Gasteiger partial charge in [-0.3, -0.25) is 4.90 Å². The number of methoxy groups -OCH3 is 2. The zero-order valence-electron chi connectivity index (χ0n) is 28.2. The van der Waals surface area contributed by atoms with Crippen molar-refractivity contribution in [3.05, 3.63) is 94.6 Å². The maximum Gasteiger partial charge on any atom is 0.422 e. The van der Waals surface area contributed by atoms with Gasteiger partial charge in [-0.1, -0.05) is 18.2 Å². The number of aliphatic hydroxyl groups is 1. The number of aromatic nitrogens is 1. The molecule has 1 aromatic heterocycles. The van der Waals surface area contributed by atoms with Gasteiger partial charge in [0.1, 0.15) is 11.9 Å². The molecule has 4 aromatic rings. The number of halogens is 4. The molecule has 3 aromatic carbocycles. The number of rotatable bonds is 13. The van der Waals surface area contributed by atoms with Crippen molar-refractivity contribution in [2.24, 2.45) is 0 Å². The maximum absolute atomic E-state index is 15.0. The molecule has 2 heterocycles. The summed E-state index contributed by atoms with van der Waals surface area (Å²) in [6.45, 7) is 1.47. The van der Waals surface area contributed by atoms with Gasteiger partial charge in [-0.05, 0) is 73.4 Å². The largest absolute Gasteiger partial charge is 0.493 e. The molecular formula is C37H37F4N3O7. The van der Waals surface area contributed by atoms with E-state index in [9.17, 15) is 37.8 Å². The summed E-state index contributed by atoms with van der Waals surface area (Å²) in [5.41, 5.74) is -2.02. The van der Waals surface area contributed by atoms with Crippen molar-refractivity contribution in [1.29, 1.82) is 5.26 Å². The van der Waals surface area contributed by atoms with Crippen LogP contribution in [0.4, 0.5) is 17.6 Å². The van der Waals surface area contributed by atoms with Crippen LogP contribution in [0.2, 0.25) is 0 Å². The van der Waals surface area contributed by atoms with Gasteiger partial charge < -0.3 is 33.7 Å². The highest BCUT2D eigenvalue weighted by molar-refractivity contribution is 5.90. The van der Waals surface area contributed by atoms with Gasteiger partial charge in [-0.25, -0.2) is 9.18 Å². The normalized spacial score (nSPS) is 15.6. The van der Waals surface area contributed by atoms with Crippen LogP contribution in [-0.2, 0) is 21.7 Å². The van der Waals surface area contributed by atoms with E-state index in [1.54, 1.807) is 19.1 Å². The molecule has 270 valence electrons.